The third-order valence-corrected chi connectivity index (χ3v) is 5.61. The molecule has 0 unspecified atom stereocenters. The summed E-state index contributed by atoms with van der Waals surface area (Å²) in [5, 5.41) is 5.50. The summed E-state index contributed by atoms with van der Waals surface area (Å²) < 4.78 is 2.50. The molecule has 1 fully saturated rings. The van der Waals surface area contributed by atoms with E-state index < -0.39 is 23.2 Å². The number of carbonyl (C=O) groups is 2. The molecule has 2 N–H and O–H groups in total. The third-order valence-electron chi connectivity index (χ3n) is 4.64. The van der Waals surface area contributed by atoms with Crippen LogP contribution in [-0.4, -0.2) is 42.8 Å². The highest BCUT2D eigenvalue weighted by Gasteiger charge is 2.24. The van der Waals surface area contributed by atoms with E-state index in [0.29, 0.717) is 23.8 Å². The molecule has 0 aliphatic heterocycles. The van der Waals surface area contributed by atoms with Crippen LogP contribution in [-0.2, 0) is 18.4 Å². The molecule has 0 radical (unpaired) electrons. The average Bonchev–Trinajstić information content (AvgIpc) is 3.50. The van der Waals surface area contributed by atoms with Gasteiger partial charge in [-0.05, 0) is 19.3 Å². The number of imide groups is 1. The molecule has 2 aromatic rings. The first kappa shape index (κ1) is 22.0. The molecule has 1 saturated carbocycles. The molecule has 0 atom stereocenters. The van der Waals surface area contributed by atoms with Crippen molar-refractivity contribution in [1.82, 2.24) is 29.7 Å². The Labute approximate surface area is 177 Å². The fourth-order valence-electron chi connectivity index (χ4n) is 2.89. The zero-order chi connectivity index (χ0) is 22.0. The number of hydrogen-bond acceptors (Lipinski definition) is 7. The monoisotopic (exact) mass is 434 g/mol. The fraction of sp³-hybridized carbons (Fsp3) is 0.579. The summed E-state index contributed by atoms with van der Waals surface area (Å²) in [5.74, 6) is -0.150. The maximum atomic E-state index is 12.8. The summed E-state index contributed by atoms with van der Waals surface area (Å²) in [6, 6.07) is -0.380. The van der Waals surface area contributed by atoms with E-state index in [1.54, 1.807) is 0 Å². The van der Waals surface area contributed by atoms with Crippen molar-refractivity contribution in [2.45, 2.75) is 63.6 Å². The molecule has 10 nitrogen and oxygen atoms in total. The molecule has 30 heavy (non-hydrogen) atoms. The Kier molecular flexibility index (Phi) is 6.59. The minimum Gasteiger partial charge on any atom is -0.335 e. The van der Waals surface area contributed by atoms with Gasteiger partial charge in [-0.25, -0.2) is 19.6 Å². The summed E-state index contributed by atoms with van der Waals surface area (Å²) in [6.45, 7) is 6.16. The van der Waals surface area contributed by atoms with E-state index in [1.165, 1.54) is 11.6 Å². The second-order valence-corrected chi connectivity index (χ2v) is 8.59. The smallest absolute Gasteiger partial charge is 0.332 e. The summed E-state index contributed by atoms with van der Waals surface area (Å²) >= 11 is 1.05. The van der Waals surface area contributed by atoms with Crippen LogP contribution in [0.15, 0.2) is 14.6 Å². The average molecular weight is 435 g/mol. The van der Waals surface area contributed by atoms with E-state index in [9.17, 15) is 19.2 Å². The van der Waals surface area contributed by atoms with Crippen molar-refractivity contribution in [3.63, 3.8) is 0 Å². The second kappa shape index (κ2) is 8.99. The van der Waals surface area contributed by atoms with E-state index >= 15 is 0 Å². The van der Waals surface area contributed by atoms with E-state index in [4.69, 9.17) is 0 Å². The van der Waals surface area contributed by atoms with Crippen LogP contribution in [0.3, 0.4) is 0 Å². The Morgan fingerprint density at radius 1 is 1.23 bits per heavy atom. The Balaban J connectivity index is 1.97. The van der Waals surface area contributed by atoms with Gasteiger partial charge >= 0.3 is 11.7 Å². The zero-order valence-corrected chi connectivity index (χ0v) is 18.3. The number of hydrogen-bond donors (Lipinski definition) is 2. The predicted molar refractivity (Wildman–Crippen MR) is 114 cm³/mol. The molecule has 162 valence electrons. The maximum Gasteiger partial charge on any atom is 0.332 e. The van der Waals surface area contributed by atoms with E-state index in [0.717, 1.165) is 29.2 Å². The number of fused-ring (bicyclic) bond motifs is 1. The number of nitrogens with zero attached hydrogens (tertiary/aromatic N) is 4. The molecule has 1 aliphatic rings. The minimum absolute atomic E-state index is 0.0406. The molecule has 2 aromatic heterocycles. The van der Waals surface area contributed by atoms with Gasteiger partial charge in [0.2, 0.25) is 5.91 Å². The van der Waals surface area contributed by atoms with Gasteiger partial charge in [0.05, 0.1) is 5.75 Å². The number of aromatic nitrogens is 4. The number of thioether (sulfide) groups is 1. The Morgan fingerprint density at radius 2 is 1.93 bits per heavy atom. The molecule has 3 rings (SSSR count). The standard InChI is InChI=1S/C19H26N6O4S/c1-5-8-25-15-13(17(27)24(4)19(25)29)16(23-14(22-15)10(2)3)30-9-12(26)21-18(28)20-11-6-7-11/h10-11H,5-9H2,1-4H3,(H2,20,21,26,28). The van der Waals surface area contributed by atoms with Crippen molar-refractivity contribution in [1.29, 1.82) is 0 Å². The van der Waals surface area contributed by atoms with Gasteiger partial charge < -0.3 is 5.32 Å². The van der Waals surface area contributed by atoms with Crippen molar-refractivity contribution < 1.29 is 9.59 Å². The second-order valence-electron chi connectivity index (χ2n) is 7.62. The lowest BCUT2D eigenvalue weighted by atomic mass is 10.2. The van der Waals surface area contributed by atoms with Gasteiger partial charge in [-0.3, -0.25) is 24.0 Å². The van der Waals surface area contributed by atoms with Gasteiger partial charge in [-0.1, -0.05) is 32.5 Å². The highest BCUT2D eigenvalue weighted by atomic mass is 32.2. The Hall–Kier alpha value is -2.69. The molecule has 0 saturated heterocycles. The van der Waals surface area contributed by atoms with Crippen LogP contribution >= 0.6 is 11.8 Å². The van der Waals surface area contributed by atoms with Crippen molar-refractivity contribution in [3.05, 3.63) is 26.7 Å². The number of amides is 3. The first-order valence-corrected chi connectivity index (χ1v) is 11.0. The number of carbonyl (C=O) groups excluding carboxylic acids is 2. The van der Waals surface area contributed by atoms with Gasteiger partial charge in [-0.15, -0.1) is 0 Å². The van der Waals surface area contributed by atoms with Gasteiger partial charge in [0.15, 0.2) is 5.65 Å². The highest BCUT2D eigenvalue weighted by molar-refractivity contribution is 8.00. The van der Waals surface area contributed by atoms with Gasteiger partial charge in [-0.2, -0.15) is 0 Å². The van der Waals surface area contributed by atoms with Crippen LogP contribution in [0.25, 0.3) is 11.0 Å². The zero-order valence-electron chi connectivity index (χ0n) is 17.5. The topological polar surface area (TPSA) is 128 Å². The van der Waals surface area contributed by atoms with Crippen LogP contribution in [0.4, 0.5) is 4.79 Å². The largest absolute Gasteiger partial charge is 0.335 e. The quantitative estimate of drug-likeness (QED) is 0.493. The molecule has 11 heteroatoms. The Bertz CT molecular complexity index is 1100. The van der Waals surface area contributed by atoms with E-state index in [2.05, 4.69) is 20.6 Å². The normalized spacial score (nSPS) is 13.6. The van der Waals surface area contributed by atoms with Gasteiger partial charge in [0, 0.05) is 25.6 Å². The number of aryl methyl sites for hydroxylation is 1. The van der Waals surface area contributed by atoms with Crippen LogP contribution in [0.5, 0.6) is 0 Å². The summed E-state index contributed by atoms with van der Waals surface area (Å²) in [5.41, 5.74) is -0.668. The number of nitrogens with one attached hydrogen (secondary N) is 2. The van der Waals surface area contributed by atoms with E-state index in [-0.39, 0.29) is 28.7 Å². The number of rotatable bonds is 7. The van der Waals surface area contributed by atoms with E-state index in [1.807, 2.05) is 20.8 Å². The van der Waals surface area contributed by atoms with Gasteiger partial charge in [0.1, 0.15) is 16.2 Å². The third kappa shape index (κ3) is 4.72. The molecule has 0 spiro atoms. The lowest BCUT2D eigenvalue weighted by Crippen LogP contribution is -2.41. The highest BCUT2D eigenvalue weighted by Crippen LogP contribution is 2.24. The molecule has 1 aliphatic carbocycles. The van der Waals surface area contributed by atoms with Crippen LogP contribution in [0.2, 0.25) is 0 Å². The van der Waals surface area contributed by atoms with Crippen LogP contribution in [0.1, 0.15) is 51.8 Å². The Morgan fingerprint density at radius 3 is 2.53 bits per heavy atom. The number of urea groups is 1. The van der Waals surface area contributed by atoms with Crippen molar-refractivity contribution >= 4 is 34.7 Å². The van der Waals surface area contributed by atoms with Crippen LogP contribution in [0, 0.1) is 0 Å². The summed E-state index contributed by atoms with van der Waals surface area (Å²) in [4.78, 5) is 58.4. The lowest BCUT2D eigenvalue weighted by molar-refractivity contribution is -0.117. The first-order valence-electron chi connectivity index (χ1n) is 9.97. The van der Waals surface area contributed by atoms with Gasteiger partial charge in [0.25, 0.3) is 5.56 Å². The van der Waals surface area contributed by atoms with Crippen molar-refractivity contribution in [3.8, 4) is 0 Å². The first-order chi connectivity index (χ1) is 14.2. The fourth-order valence-corrected chi connectivity index (χ4v) is 3.71. The molecule has 0 aromatic carbocycles. The predicted octanol–water partition coefficient (Wildman–Crippen LogP) is 1.10. The molecular weight excluding hydrogens is 408 g/mol. The SMILES string of the molecule is CCCn1c(=O)n(C)c(=O)c2c(SCC(=O)NC(=O)NC3CC3)nc(C(C)C)nc21. The molecular formula is C19H26N6O4S. The molecule has 0 bridgehead atoms. The summed E-state index contributed by atoms with van der Waals surface area (Å²) in [6.07, 6.45) is 2.53. The molecule has 3 amide bonds. The minimum atomic E-state index is -0.522. The summed E-state index contributed by atoms with van der Waals surface area (Å²) in [7, 11) is 1.41. The maximum absolute atomic E-state index is 12.8. The lowest BCUT2D eigenvalue weighted by Gasteiger charge is -2.15. The van der Waals surface area contributed by atoms with Crippen LogP contribution < -0.4 is 21.9 Å². The molecule has 2 heterocycles. The van der Waals surface area contributed by atoms with Crippen molar-refractivity contribution in [2.75, 3.05) is 5.75 Å². The van der Waals surface area contributed by atoms with Crippen molar-refractivity contribution in [2.24, 2.45) is 7.05 Å².